The molecule has 0 aromatic heterocycles. The number of rotatable bonds is 3. The first-order chi connectivity index (χ1) is 6.31. The molecule has 3 nitrogen and oxygen atoms in total. The van der Waals surface area contributed by atoms with Crippen LogP contribution in [0.2, 0.25) is 0 Å². The maximum Gasteiger partial charge on any atom is 0.410 e. The molecule has 0 fully saturated rings. The van der Waals surface area contributed by atoms with Crippen molar-refractivity contribution in [2.24, 2.45) is 0 Å². The number of amides is 1. The van der Waals surface area contributed by atoms with Crippen molar-refractivity contribution < 1.29 is 9.53 Å². The van der Waals surface area contributed by atoms with Crippen LogP contribution in [0.3, 0.4) is 0 Å². The van der Waals surface area contributed by atoms with Gasteiger partial charge in [0.1, 0.15) is 5.60 Å². The molecule has 0 aliphatic carbocycles. The second-order valence-corrected chi connectivity index (χ2v) is 4.24. The topological polar surface area (TPSA) is 29.5 Å². The molecule has 0 saturated heterocycles. The minimum absolute atomic E-state index is 0.00912. The smallest absolute Gasteiger partial charge is 0.410 e. The van der Waals surface area contributed by atoms with E-state index in [2.05, 4.69) is 6.58 Å². The van der Waals surface area contributed by atoms with Crippen LogP contribution in [0.1, 0.15) is 34.6 Å². The Labute approximate surface area is 86.7 Å². The lowest BCUT2D eigenvalue weighted by Gasteiger charge is -2.29. The van der Waals surface area contributed by atoms with E-state index in [0.29, 0.717) is 6.54 Å². The predicted octanol–water partition coefficient (Wildman–Crippen LogP) is 2.82. The maximum absolute atomic E-state index is 11.6. The molecule has 0 aromatic carbocycles. The van der Waals surface area contributed by atoms with Crippen LogP contribution in [0.25, 0.3) is 0 Å². The van der Waals surface area contributed by atoms with E-state index >= 15 is 0 Å². The Kier molecular flexibility index (Phi) is 4.68. The van der Waals surface area contributed by atoms with Gasteiger partial charge in [0.05, 0.1) is 6.04 Å². The molecule has 0 saturated carbocycles. The van der Waals surface area contributed by atoms with Crippen LogP contribution >= 0.6 is 0 Å². The number of nitrogens with zero attached hydrogens (tertiary/aromatic N) is 1. The molecule has 3 heteroatoms. The van der Waals surface area contributed by atoms with Crippen molar-refractivity contribution in [3.63, 3.8) is 0 Å². The molecule has 14 heavy (non-hydrogen) atoms. The number of hydrogen-bond acceptors (Lipinski definition) is 2. The van der Waals surface area contributed by atoms with Gasteiger partial charge in [0.2, 0.25) is 0 Å². The standard InChI is InChI=1S/C11H21NO2/c1-7-9(3)12(8-2)10(13)14-11(4,5)6/h7,9H,1,8H2,2-6H3. The Morgan fingerprint density at radius 3 is 2.36 bits per heavy atom. The lowest BCUT2D eigenvalue weighted by Crippen LogP contribution is -2.41. The molecule has 0 bridgehead atoms. The summed E-state index contributed by atoms with van der Waals surface area (Å²) in [5.74, 6) is 0. The summed E-state index contributed by atoms with van der Waals surface area (Å²) in [4.78, 5) is 13.3. The third kappa shape index (κ3) is 4.30. The Morgan fingerprint density at radius 1 is 1.57 bits per heavy atom. The second-order valence-electron chi connectivity index (χ2n) is 4.24. The highest BCUT2D eigenvalue weighted by Gasteiger charge is 2.23. The molecule has 82 valence electrons. The summed E-state index contributed by atoms with van der Waals surface area (Å²) in [5.41, 5.74) is -0.439. The minimum atomic E-state index is -0.439. The SMILES string of the molecule is C=CC(C)N(CC)C(=O)OC(C)(C)C. The van der Waals surface area contributed by atoms with E-state index in [4.69, 9.17) is 4.74 Å². The number of ether oxygens (including phenoxy) is 1. The van der Waals surface area contributed by atoms with E-state index in [0.717, 1.165) is 0 Å². The lowest BCUT2D eigenvalue weighted by atomic mass is 10.2. The zero-order valence-corrected chi connectivity index (χ0v) is 9.83. The molecule has 0 heterocycles. The van der Waals surface area contributed by atoms with Crippen molar-refractivity contribution in [3.8, 4) is 0 Å². The first-order valence-corrected chi connectivity index (χ1v) is 4.94. The normalized spacial score (nSPS) is 13.2. The zero-order valence-electron chi connectivity index (χ0n) is 9.83. The highest BCUT2D eigenvalue weighted by Crippen LogP contribution is 2.11. The van der Waals surface area contributed by atoms with E-state index in [1.54, 1.807) is 11.0 Å². The van der Waals surface area contributed by atoms with Crippen LogP contribution in [0, 0.1) is 0 Å². The van der Waals surface area contributed by atoms with Crippen LogP contribution in [0.15, 0.2) is 12.7 Å². The highest BCUT2D eigenvalue weighted by molar-refractivity contribution is 5.68. The van der Waals surface area contributed by atoms with Gasteiger partial charge in [0.25, 0.3) is 0 Å². The van der Waals surface area contributed by atoms with E-state index in [1.807, 2.05) is 34.6 Å². The fourth-order valence-corrected chi connectivity index (χ4v) is 1.03. The number of hydrogen-bond donors (Lipinski definition) is 0. The number of carbonyl (C=O) groups excluding carboxylic acids is 1. The monoisotopic (exact) mass is 199 g/mol. The maximum atomic E-state index is 11.6. The Bertz CT molecular complexity index is 206. The molecule has 0 aromatic rings. The van der Waals surface area contributed by atoms with Crippen molar-refractivity contribution in [2.75, 3.05) is 6.54 Å². The second kappa shape index (κ2) is 5.03. The van der Waals surface area contributed by atoms with Gasteiger partial charge in [-0.05, 0) is 34.6 Å². The summed E-state index contributed by atoms with van der Waals surface area (Å²) < 4.78 is 5.25. The van der Waals surface area contributed by atoms with Gasteiger partial charge in [-0.15, -0.1) is 6.58 Å². The fraction of sp³-hybridized carbons (Fsp3) is 0.727. The van der Waals surface area contributed by atoms with Gasteiger partial charge in [0, 0.05) is 6.54 Å². The molecule has 1 amide bonds. The molecular weight excluding hydrogens is 178 g/mol. The molecular formula is C11H21NO2. The van der Waals surface area contributed by atoms with Crippen LogP contribution < -0.4 is 0 Å². The average molecular weight is 199 g/mol. The van der Waals surface area contributed by atoms with Crippen molar-refractivity contribution in [2.45, 2.75) is 46.3 Å². The molecule has 0 spiro atoms. The predicted molar refractivity (Wildman–Crippen MR) is 58.3 cm³/mol. The van der Waals surface area contributed by atoms with E-state index in [1.165, 1.54) is 0 Å². The van der Waals surface area contributed by atoms with Gasteiger partial charge >= 0.3 is 6.09 Å². The molecule has 0 N–H and O–H groups in total. The van der Waals surface area contributed by atoms with Gasteiger partial charge in [-0.25, -0.2) is 4.79 Å². The summed E-state index contributed by atoms with van der Waals surface area (Å²) in [5, 5.41) is 0. The van der Waals surface area contributed by atoms with Gasteiger partial charge < -0.3 is 9.64 Å². The Morgan fingerprint density at radius 2 is 2.07 bits per heavy atom. The van der Waals surface area contributed by atoms with Crippen LogP contribution in [-0.4, -0.2) is 29.2 Å². The third-order valence-electron chi connectivity index (χ3n) is 1.80. The van der Waals surface area contributed by atoms with Crippen LogP contribution in [0.4, 0.5) is 4.79 Å². The summed E-state index contributed by atoms with van der Waals surface area (Å²) in [6, 6.07) is 0.00912. The van der Waals surface area contributed by atoms with Crippen molar-refractivity contribution >= 4 is 6.09 Å². The van der Waals surface area contributed by atoms with Crippen LogP contribution in [0.5, 0.6) is 0 Å². The Hall–Kier alpha value is -0.990. The zero-order chi connectivity index (χ0) is 11.4. The average Bonchev–Trinajstić information content (AvgIpc) is 2.01. The highest BCUT2D eigenvalue weighted by atomic mass is 16.6. The summed E-state index contributed by atoms with van der Waals surface area (Å²) in [6.07, 6.45) is 1.44. The van der Waals surface area contributed by atoms with Crippen molar-refractivity contribution in [3.05, 3.63) is 12.7 Å². The lowest BCUT2D eigenvalue weighted by molar-refractivity contribution is 0.0224. The molecule has 0 rings (SSSR count). The minimum Gasteiger partial charge on any atom is -0.444 e. The molecule has 0 radical (unpaired) electrons. The largest absolute Gasteiger partial charge is 0.444 e. The number of carbonyl (C=O) groups is 1. The molecule has 0 aliphatic heterocycles. The fourth-order valence-electron chi connectivity index (χ4n) is 1.03. The van der Waals surface area contributed by atoms with E-state index < -0.39 is 5.60 Å². The number of likely N-dealkylation sites (N-methyl/N-ethyl adjacent to an activating group) is 1. The summed E-state index contributed by atoms with van der Waals surface area (Å²) >= 11 is 0. The molecule has 1 atom stereocenters. The Balaban J connectivity index is 4.40. The van der Waals surface area contributed by atoms with E-state index in [9.17, 15) is 4.79 Å². The van der Waals surface area contributed by atoms with Gasteiger partial charge in [-0.3, -0.25) is 0 Å². The van der Waals surface area contributed by atoms with Crippen molar-refractivity contribution in [1.29, 1.82) is 0 Å². The first kappa shape index (κ1) is 13.0. The van der Waals surface area contributed by atoms with Crippen LogP contribution in [-0.2, 0) is 4.74 Å². The summed E-state index contributed by atoms with van der Waals surface area (Å²) in [6.45, 7) is 13.7. The van der Waals surface area contributed by atoms with Gasteiger partial charge in [-0.1, -0.05) is 6.08 Å². The van der Waals surface area contributed by atoms with Gasteiger partial charge in [0.15, 0.2) is 0 Å². The third-order valence-corrected chi connectivity index (χ3v) is 1.80. The quantitative estimate of drug-likeness (QED) is 0.654. The summed E-state index contributed by atoms with van der Waals surface area (Å²) in [7, 11) is 0. The van der Waals surface area contributed by atoms with Crippen molar-refractivity contribution in [1.82, 2.24) is 4.90 Å². The molecule has 1 unspecified atom stereocenters. The molecule has 0 aliphatic rings. The van der Waals surface area contributed by atoms with E-state index in [-0.39, 0.29) is 12.1 Å². The van der Waals surface area contributed by atoms with Gasteiger partial charge in [-0.2, -0.15) is 0 Å². The first-order valence-electron chi connectivity index (χ1n) is 4.94.